The van der Waals surface area contributed by atoms with Gasteiger partial charge in [0, 0.05) is 15.7 Å². The molecule has 8 heteroatoms. The van der Waals surface area contributed by atoms with Crippen LogP contribution >= 0.6 is 22.6 Å². The number of hydrogen-bond donors (Lipinski definition) is 0. The molecule has 1 aliphatic heterocycles. The van der Waals surface area contributed by atoms with Crippen molar-refractivity contribution in [2.24, 2.45) is 5.10 Å². The molecule has 0 atom stereocenters. The number of hydrazone groups is 1. The van der Waals surface area contributed by atoms with Crippen molar-refractivity contribution in [2.45, 2.75) is 0 Å². The molecule has 0 radical (unpaired) electrons. The Morgan fingerprint density at radius 1 is 0.815 bits per heavy atom. The molecule has 0 aliphatic carbocycles. The lowest BCUT2D eigenvalue weighted by molar-refractivity contribution is -0.384. The standard InChI is InChI=1S/C19H14IN5O2/c20-15-6-8-17(9-7-15)23-21-14-22(16-4-2-1-3-5-16)24(23)18-10-12-19(13-11-18)25(26)27/h1-14H. The highest BCUT2D eigenvalue weighted by Crippen LogP contribution is 2.32. The monoisotopic (exact) mass is 471 g/mol. The number of benzene rings is 3. The normalized spacial score (nSPS) is 13.3. The maximum Gasteiger partial charge on any atom is 0.269 e. The zero-order valence-electron chi connectivity index (χ0n) is 14.0. The average molecular weight is 471 g/mol. The Morgan fingerprint density at radius 3 is 2.07 bits per heavy atom. The van der Waals surface area contributed by atoms with E-state index in [1.54, 1.807) is 23.6 Å². The first-order valence-corrected chi connectivity index (χ1v) is 9.20. The molecule has 1 aliphatic rings. The zero-order valence-corrected chi connectivity index (χ0v) is 16.2. The summed E-state index contributed by atoms with van der Waals surface area (Å²) in [6.45, 7) is 0. The number of para-hydroxylation sites is 1. The molecular weight excluding hydrogens is 457 g/mol. The van der Waals surface area contributed by atoms with Crippen LogP contribution in [0.5, 0.6) is 0 Å². The van der Waals surface area contributed by atoms with Gasteiger partial charge in [0.05, 0.1) is 22.0 Å². The second-order valence-corrected chi connectivity index (χ2v) is 6.99. The van der Waals surface area contributed by atoms with E-state index in [-0.39, 0.29) is 5.69 Å². The van der Waals surface area contributed by atoms with Gasteiger partial charge in [0.1, 0.15) is 6.34 Å². The number of anilines is 3. The van der Waals surface area contributed by atoms with Gasteiger partial charge in [-0.3, -0.25) is 10.1 Å². The summed E-state index contributed by atoms with van der Waals surface area (Å²) in [6, 6.07) is 24.2. The second kappa shape index (κ2) is 7.23. The minimum Gasteiger partial charge on any atom is -0.258 e. The van der Waals surface area contributed by atoms with E-state index in [1.165, 1.54) is 12.1 Å². The van der Waals surface area contributed by atoms with Gasteiger partial charge in [-0.2, -0.15) is 10.2 Å². The van der Waals surface area contributed by atoms with Crippen molar-refractivity contribution in [1.82, 2.24) is 0 Å². The van der Waals surface area contributed by atoms with Crippen molar-refractivity contribution < 1.29 is 4.92 Å². The van der Waals surface area contributed by atoms with Gasteiger partial charge in [-0.25, -0.2) is 5.01 Å². The van der Waals surface area contributed by atoms with Crippen LogP contribution < -0.4 is 15.2 Å². The number of halogens is 1. The molecule has 0 N–H and O–H groups in total. The topological polar surface area (TPSA) is 65.2 Å². The number of rotatable bonds is 4. The third-order valence-corrected chi connectivity index (χ3v) is 4.74. The molecule has 0 spiro atoms. The van der Waals surface area contributed by atoms with E-state index < -0.39 is 4.92 Å². The first-order valence-electron chi connectivity index (χ1n) is 8.12. The predicted molar refractivity (Wildman–Crippen MR) is 115 cm³/mol. The van der Waals surface area contributed by atoms with E-state index >= 15 is 0 Å². The van der Waals surface area contributed by atoms with Crippen LogP contribution in [-0.4, -0.2) is 11.3 Å². The highest BCUT2D eigenvalue weighted by molar-refractivity contribution is 14.1. The summed E-state index contributed by atoms with van der Waals surface area (Å²) in [7, 11) is 0. The van der Waals surface area contributed by atoms with Crippen LogP contribution in [0.15, 0.2) is 84.0 Å². The van der Waals surface area contributed by atoms with Crippen LogP contribution in [0.4, 0.5) is 22.7 Å². The van der Waals surface area contributed by atoms with E-state index in [9.17, 15) is 10.1 Å². The molecule has 3 aromatic rings. The Labute approximate surface area is 169 Å². The zero-order chi connectivity index (χ0) is 18.8. The van der Waals surface area contributed by atoms with Crippen LogP contribution in [0.1, 0.15) is 0 Å². The van der Waals surface area contributed by atoms with E-state index in [0.717, 1.165) is 20.6 Å². The number of non-ortho nitro benzene ring substituents is 1. The fraction of sp³-hybridized carbons (Fsp3) is 0. The fourth-order valence-electron chi connectivity index (χ4n) is 2.74. The summed E-state index contributed by atoms with van der Waals surface area (Å²) in [5.41, 5.74) is 2.60. The maximum atomic E-state index is 11.0. The average Bonchev–Trinajstić information content (AvgIpc) is 3.14. The van der Waals surface area contributed by atoms with Gasteiger partial charge < -0.3 is 0 Å². The summed E-state index contributed by atoms with van der Waals surface area (Å²) < 4.78 is 1.13. The molecule has 0 aromatic heterocycles. The van der Waals surface area contributed by atoms with E-state index in [2.05, 4.69) is 27.7 Å². The first-order chi connectivity index (χ1) is 13.1. The quantitative estimate of drug-likeness (QED) is 0.311. The van der Waals surface area contributed by atoms with Crippen molar-refractivity contribution >= 4 is 51.7 Å². The van der Waals surface area contributed by atoms with Crippen LogP contribution in [0, 0.1) is 13.7 Å². The van der Waals surface area contributed by atoms with Gasteiger partial charge in [0.25, 0.3) is 5.69 Å². The number of nitrogens with zero attached hydrogens (tertiary/aromatic N) is 5. The van der Waals surface area contributed by atoms with Crippen LogP contribution in [0.25, 0.3) is 0 Å². The van der Waals surface area contributed by atoms with Gasteiger partial charge in [-0.15, -0.1) is 5.10 Å². The fourth-order valence-corrected chi connectivity index (χ4v) is 3.10. The van der Waals surface area contributed by atoms with Crippen LogP contribution in [0.2, 0.25) is 0 Å². The molecule has 3 aromatic carbocycles. The summed E-state index contributed by atoms with van der Waals surface area (Å²) >= 11 is 2.25. The Balaban J connectivity index is 1.76. The largest absolute Gasteiger partial charge is 0.269 e. The van der Waals surface area contributed by atoms with Crippen molar-refractivity contribution in [2.75, 3.05) is 15.2 Å². The maximum absolute atomic E-state index is 11.0. The molecule has 0 fully saturated rings. The molecule has 1 heterocycles. The van der Waals surface area contributed by atoms with Crippen LogP contribution in [0.3, 0.4) is 0 Å². The molecule has 0 amide bonds. The third kappa shape index (κ3) is 3.43. The van der Waals surface area contributed by atoms with E-state index in [0.29, 0.717) is 0 Å². The van der Waals surface area contributed by atoms with Crippen LogP contribution in [-0.2, 0) is 0 Å². The molecule has 27 heavy (non-hydrogen) atoms. The summed E-state index contributed by atoms with van der Waals surface area (Å²) in [5, 5.41) is 21.0. The molecule has 4 rings (SSSR count). The lowest BCUT2D eigenvalue weighted by Gasteiger charge is -2.34. The van der Waals surface area contributed by atoms with Gasteiger partial charge in [-0.1, -0.05) is 18.2 Å². The predicted octanol–water partition coefficient (Wildman–Crippen LogP) is 4.81. The summed E-state index contributed by atoms with van der Waals surface area (Å²) in [5.74, 6) is 0. The number of nitro benzene ring substituents is 1. The van der Waals surface area contributed by atoms with Crippen molar-refractivity contribution in [1.29, 1.82) is 0 Å². The van der Waals surface area contributed by atoms with Gasteiger partial charge >= 0.3 is 0 Å². The molecular formula is C19H14IN5O2. The summed E-state index contributed by atoms with van der Waals surface area (Å²) in [4.78, 5) is 10.6. The molecule has 0 saturated carbocycles. The number of hydrogen-bond acceptors (Lipinski definition) is 6. The highest BCUT2D eigenvalue weighted by Gasteiger charge is 2.28. The Kier molecular flexibility index (Phi) is 4.63. The Morgan fingerprint density at radius 2 is 1.44 bits per heavy atom. The number of nitro groups is 1. The smallest absolute Gasteiger partial charge is 0.258 e. The van der Waals surface area contributed by atoms with Gasteiger partial charge in [0.15, 0.2) is 0 Å². The Hall–Kier alpha value is -3.14. The lowest BCUT2D eigenvalue weighted by Crippen LogP contribution is -2.46. The minimum absolute atomic E-state index is 0.0472. The third-order valence-electron chi connectivity index (χ3n) is 4.02. The summed E-state index contributed by atoms with van der Waals surface area (Å²) in [6.07, 6.45) is 1.72. The Bertz CT molecular complexity index is 977. The van der Waals surface area contributed by atoms with Crippen molar-refractivity contribution in [3.05, 3.63) is 92.5 Å². The molecule has 134 valence electrons. The SMILES string of the molecule is O=[N+]([O-])c1ccc(N2N(c3ccccc3)C=NN2c2ccc(I)cc2)cc1. The molecule has 7 nitrogen and oxygen atoms in total. The minimum atomic E-state index is -0.407. The van der Waals surface area contributed by atoms with Crippen molar-refractivity contribution in [3.63, 3.8) is 0 Å². The second-order valence-electron chi connectivity index (χ2n) is 5.74. The first kappa shape index (κ1) is 17.3. The highest BCUT2D eigenvalue weighted by atomic mass is 127. The number of hydrazine groups is 2. The van der Waals surface area contributed by atoms with Gasteiger partial charge in [-0.05, 0) is 71.1 Å². The molecule has 0 saturated heterocycles. The van der Waals surface area contributed by atoms with E-state index in [4.69, 9.17) is 0 Å². The van der Waals surface area contributed by atoms with Gasteiger partial charge in [0.2, 0.25) is 0 Å². The lowest BCUT2D eigenvalue weighted by atomic mass is 10.3. The molecule has 0 bridgehead atoms. The van der Waals surface area contributed by atoms with E-state index in [1.807, 2.05) is 64.7 Å². The molecule has 0 unspecified atom stereocenters. The van der Waals surface area contributed by atoms with Crippen molar-refractivity contribution in [3.8, 4) is 0 Å².